The smallest absolute Gasteiger partial charge is 0.222 e. The van der Waals surface area contributed by atoms with Gasteiger partial charge in [-0.1, -0.05) is 24.3 Å². The van der Waals surface area contributed by atoms with Crippen molar-refractivity contribution in [2.24, 2.45) is 4.99 Å². The van der Waals surface area contributed by atoms with Crippen LogP contribution in [-0.4, -0.2) is 48.6 Å². The Hall–Kier alpha value is -2.08. The van der Waals surface area contributed by atoms with Crippen LogP contribution >= 0.6 is 0 Å². The number of aliphatic imine (C=N–C) groups is 1. The predicted octanol–water partition coefficient (Wildman–Crippen LogP) is 1.79. The van der Waals surface area contributed by atoms with Crippen LogP contribution in [0.5, 0.6) is 0 Å². The van der Waals surface area contributed by atoms with Crippen LogP contribution in [0.15, 0.2) is 29.3 Å². The Morgan fingerprint density at radius 1 is 1.31 bits per heavy atom. The molecule has 2 bridgehead atoms. The second-order valence-electron chi connectivity index (χ2n) is 7.47. The number of amides is 1. The van der Waals surface area contributed by atoms with E-state index >= 15 is 0 Å². The average molecular weight is 356 g/mol. The molecule has 2 N–H and O–H groups in total. The molecule has 3 heterocycles. The number of fused-ring (bicyclic) bond motifs is 2. The first-order valence-corrected chi connectivity index (χ1v) is 9.70. The number of nitrogens with one attached hydrogen (secondary N) is 2. The summed E-state index contributed by atoms with van der Waals surface area (Å²) in [5.41, 5.74) is 2.41. The Labute approximate surface area is 155 Å². The molecule has 0 aromatic heterocycles. The van der Waals surface area contributed by atoms with Crippen LogP contribution in [0.25, 0.3) is 0 Å². The van der Waals surface area contributed by atoms with Crippen molar-refractivity contribution in [2.45, 2.75) is 63.4 Å². The molecule has 1 aromatic carbocycles. The summed E-state index contributed by atoms with van der Waals surface area (Å²) in [6.07, 6.45) is 5.81. The second-order valence-corrected chi connectivity index (χ2v) is 7.47. The number of carbonyl (C=O) groups excluding carboxylic acids is 1. The molecule has 1 amide bonds. The number of hydrogen-bond donors (Lipinski definition) is 2. The van der Waals surface area contributed by atoms with Crippen molar-refractivity contribution in [1.29, 1.82) is 0 Å². The lowest BCUT2D eigenvalue weighted by atomic mass is 9.96. The zero-order valence-electron chi connectivity index (χ0n) is 15.4. The highest BCUT2D eigenvalue weighted by Crippen LogP contribution is 2.34. The first-order valence-electron chi connectivity index (χ1n) is 9.70. The number of carbonyl (C=O) groups is 1. The molecule has 0 saturated carbocycles. The molecule has 26 heavy (non-hydrogen) atoms. The quantitative estimate of drug-likeness (QED) is 0.624. The van der Waals surface area contributed by atoms with E-state index in [-0.39, 0.29) is 5.91 Å². The summed E-state index contributed by atoms with van der Waals surface area (Å²) in [6, 6.07) is 8.68. The molecule has 0 spiro atoms. The molecule has 4 rings (SSSR count). The molecule has 0 aliphatic carbocycles. The van der Waals surface area contributed by atoms with Crippen molar-refractivity contribution in [1.82, 2.24) is 15.5 Å². The molecule has 3 unspecified atom stereocenters. The summed E-state index contributed by atoms with van der Waals surface area (Å²) in [7, 11) is 1.80. The third-order valence-corrected chi connectivity index (χ3v) is 5.75. The van der Waals surface area contributed by atoms with Crippen molar-refractivity contribution in [2.75, 3.05) is 13.6 Å². The van der Waals surface area contributed by atoms with Gasteiger partial charge in [0.1, 0.15) is 0 Å². The van der Waals surface area contributed by atoms with Gasteiger partial charge in [0.25, 0.3) is 0 Å². The van der Waals surface area contributed by atoms with Crippen molar-refractivity contribution in [3.05, 3.63) is 35.4 Å². The standard InChI is InChI=1S/C20H28N4O2/c1-21-20(23-17-11-16-8-9-18(17)26-16)22-12-14-5-2-3-6-15(14)13-24-10-4-7-19(24)25/h2-3,5-6,16-18H,4,7-13H2,1H3,(H2,21,22,23). The molecule has 0 radical (unpaired) electrons. The molecular weight excluding hydrogens is 328 g/mol. The van der Waals surface area contributed by atoms with E-state index < -0.39 is 0 Å². The highest BCUT2D eigenvalue weighted by molar-refractivity contribution is 5.80. The van der Waals surface area contributed by atoms with Crippen LogP contribution in [0.2, 0.25) is 0 Å². The number of nitrogens with zero attached hydrogens (tertiary/aromatic N) is 2. The van der Waals surface area contributed by atoms with Gasteiger partial charge in [0, 0.05) is 33.1 Å². The normalized spacial score (nSPS) is 28.0. The van der Waals surface area contributed by atoms with Crippen LogP contribution in [0, 0.1) is 0 Å². The van der Waals surface area contributed by atoms with Crippen LogP contribution in [0.3, 0.4) is 0 Å². The topological polar surface area (TPSA) is 66.0 Å². The summed E-state index contributed by atoms with van der Waals surface area (Å²) < 4.78 is 5.91. The molecule has 6 heteroatoms. The molecule has 3 saturated heterocycles. The van der Waals surface area contributed by atoms with Gasteiger partial charge >= 0.3 is 0 Å². The minimum Gasteiger partial charge on any atom is -0.373 e. The van der Waals surface area contributed by atoms with Gasteiger partial charge in [-0.05, 0) is 36.8 Å². The van der Waals surface area contributed by atoms with Gasteiger partial charge in [0.05, 0.1) is 18.2 Å². The lowest BCUT2D eigenvalue weighted by Crippen LogP contribution is -2.47. The summed E-state index contributed by atoms with van der Waals surface area (Å²) in [6.45, 7) is 2.26. The van der Waals surface area contributed by atoms with Gasteiger partial charge in [-0.15, -0.1) is 0 Å². The van der Waals surface area contributed by atoms with E-state index in [1.807, 2.05) is 17.0 Å². The molecule has 3 fully saturated rings. The molecule has 140 valence electrons. The highest BCUT2D eigenvalue weighted by Gasteiger charge is 2.41. The Kier molecular flexibility index (Phi) is 5.11. The van der Waals surface area contributed by atoms with Gasteiger partial charge in [0.2, 0.25) is 5.91 Å². The largest absolute Gasteiger partial charge is 0.373 e. The molecule has 3 aliphatic rings. The Balaban J connectivity index is 1.35. The minimum atomic E-state index is 0.265. The van der Waals surface area contributed by atoms with Crippen LogP contribution in [-0.2, 0) is 22.6 Å². The third-order valence-electron chi connectivity index (χ3n) is 5.75. The number of likely N-dealkylation sites (tertiary alicyclic amines) is 1. The Bertz CT molecular complexity index is 690. The predicted molar refractivity (Wildman–Crippen MR) is 101 cm³/mol. The van der Waals surface area contributed by atoms with E-state index in [1.54, 1.807) is 7.05 Å². The number of guanidine groups is 1. The van der Waals surface area contributed by atoms with E-state index in [1.165, 1.54) is 17.5 Å². The minimum absolute atomic E-state index is 0.265. The van der Waals surface area contributed by atoms with Crippen molar-refractivity contribution >= 4 is 11.9 Å². The fourth-order valence-electron chi connectivity index (χ4n) is 4.30. The van der Waals surface area contributed by atoms with E-state index in [4.69, 9.17) is 4.74 Å². The fourth-order valence-corrected chi connectivity index (χ4v) is 4.30. The molecule has 3 atom stereocenters. The van der Waals surface area contributed by atoms with E-state index in [2.05, 4.69) is 27.8 Å². The summed E-state index contributed by atoms with van der Waals surface area (Å²) in [4.78, 5) is 18.3. The van der Waals surface area contributed by atoms with Gasteiger partial charge < -0.3 is 20.3 Å². The highest BCUT2D eigenvalue weighted by atomic mass is 16.5. The SMILES string of the molecule is CN=C(NCc1ccccc1CN1CCCC1=O)NC1CC2CCC1O2. The van der Waals surface area contributed by atoms with E-state index in [0.29, 0.717) is 37.8 Å². The van der Waals surface area contributed by atoms with E-state index in [0.717, 1.165) is 31.8 Å². The lowest BCUT2D eigenvalue weighted by Gasteiger charge is -2.23. The maximum Gasteiger partial charge on any atom is 0.222 e. The molecule has 6 nitrogen and oxygen atoms in total. The average Bonchev–Trinajstić information content (AvgIpc) is 3.37. The van der Waals surface area contributed by atoms with Crippen molar-refractivity contribution in [3.8, 4) is 0 Å². The Morgan fingerprint density at radius 2 is 2.15 bits per heavy atom. The fraction of sp³-hybridized carbons (Fsp3) is 0.600. The number of benzene rings is 1. The Morgan fingerprint density at radius 3 is 2.81 bits per heavy atom. The summed E-state index contributed by atoms with van der Waals surface area (Å²) in [5.74, 6) is 1.08. The van der Waals surface area contributed by atoms with Crippen molar-refractivity contribution < 1.29 is 9.53 Å². The number of hydrogen-bond acceptors (Lipinski definition) is 3. The molecule has 1 aromatic rings. The second kappa shape index (κ2) is 7.66. The van der Waals surface area contributed by atoms with Gasteiger partial charge in [-0.2, -0.15) is 0 Å². The molecular formula is C20H28N4O2. The third kappa shape index (κ3) is 3.70. The lowest BCUT2D eigenvalue weighted by molar-refractivity contribution is -0.128. The number of ether oxygens (including phenoxy) is 1. The zero-order chi connectivity index (χ0) is 17.9. The maximum atomic E-state index is 11.9. The van der Waals surface area contributed by atoms with Gasteiger partial charge in [0.15, 0.2) is 5.96 Å². The first-order chi connectivity index (χ1) is 12.7. The van der Waals surface area contributed by atoms with Crippen LogP contribution in [0.4, 0.5) is 0 Å². The molecule has 3 aliphatic heterocycles. The van der Waals surface area contributed by atoms with E-state index in [9.17, 15) is 4.79 Å². The maximum absolute atomic E-state index is 11.9. The van der Waals surface area contributed by atoms with Crippen molar-refractivity contribution in [3.63, 3.8) is 0 Å². The summed E-state index contributed by atoms with van der Waals surface area (Å²) >= 11 is 0. The monoisotopic (exact) mass is 356 g/mol. The first kappa shape index (κ1) is 17.3. The van der Waals surface area contributed by atoms with Gasteiger partial charge in [-0.25, -0.2) is 0 Å². The summed E-state index contributed by atoms with van der Waals surface area (Å²) in [5, 5.41) is 6.94. The van der Waals surface area contributed by atoms with Crippen LogP contribution < -0.4 is 10.6 Å². The van der Waals surface area contributed by atoms with Gasteiger partial charge in [-0.3, -0.25) is 9.79 Å². The van der Waals surface area contributed by atoms with Crippen LogP contribution in [0.1, 0.15) is 43.2 Å². The zero-order valence-corrected chi connectivity index (χ0v) is 15.4. The number of rotatable bonds is 5.